The zero-order valence-electron chi connectivity index (χ0n) is 10.0. The molecule has 1 aliphatic rings. The molecular formula is C13H16N2O3. The molecule has 0 aliphatic carbocycles. The average molecular weight is 248 g/mol. The molecule has 5 heteroatoms. The highest BCUT2D eigenvalue weighted by molar-refractivity contribution is 5.79. The lowest BCUT2D eigenvalue weighted by atomic mass is 10.0. The van der Waals surface area contributed by atoms with Crippen LogP contribution in [0.5, 0.6) is 0 Å². The van der Waals surface area contributed by atoms with Crippen molar-refractivity contribution in [2.45, 2.75) is 6.42 Å². The van der Waals surface area contributed by atoms with Crippen LogP contribution in [0.25, 0.3) is 0 Å². The minimum atomic E-state index is -0.830. The van der Waals surface area contributed by atoms with E-state index < -0.39 is 11.9 Å². The summed E-state index contributed by atoms with van der Waals surface area (Å²) in [5.41, 5.74) is 1.17. The number of nitrogens with zero attached hydrogens (tertiary/aromatic N) is 1. The van der Waals surface area contributed by atoms with Crippen LogP contribution in [0.4, 0.5) is 4.79 Å². The lowest BCUT2D eigenvalue weighted by molar-refractivity contribution is -0.146. The number of benzene rings is 1. The van der Waals surface area contributed by atoms with Crippen molar-refractivity contribution in [3.63, 3.8) is 0 Å². The first-order chi connectivity index (χ1) is 8.66. The molecule has 5 nitrogen and oxygen atoms in total. The number of carbonyl (C=O) groups is 2. The van der Waals surface area contributed by atoms with Gasteiger partial charge in [-0.25, -0.2) is 4.79 Å². The molecule has 1 saturated heterocycles. The third-order valence-corrected chi connectivity index (χ3v) is 3.05. The first kappa shape index (κ1) is 12.4. The van der Waals surface area contributed by atoms with E-state index in [9.17, 15) is 9.59 Å². The van der Waals surface area contributed by atoms with Crippen LogP contribution < -0.4 is 5.32 Å². The molecule has 0 spiro atoms. The summed E-state index contributed by atoms with van der Waals surface area (Å²) in [5.74, 6) is -1.23. The van der Waals surface area contributed by atoms with Gasteiger partial charge in [0.05, 0.1) is 5.92 Å². The maximum absolute atomic E-state index is 11.6. The Morgan fingerprint density at radius 3 is 2.56 bits per heavy atom. The zero-order valence-corrected chi connectivity index (χ0v) is 10.0. The fourth-order valence-corrected chi connectivity index (χ4v) is 1.87. The van der Waals surface area contributed by atoms with Gasteiger partial charge in [-0.1, -0.05) is 30.3 Å². The van der Waals surface area contributed by atoms with E-state index in [2.05, 4.69) is 5.32 Å². The molecule has 0 radical (unpaired) electrons. The van der Waals surface area contributed by atoms with E-state index in [4.69, 9.17) is 5.11 Å². The highest BCUT2D eigenvalue weighted by Crippen LogP contribution is 2.15. The first-order valence-electron chi connectivity index (χ1n) is 5.96. The number of carboxylic acids is 1. The maximum atomic E-state index is 11.6. The number of hydrogen-bond acceptors (Lipinski definition) is 2. The van der Waals surface area contributed by atoms with Gasteiger partial charge in [0, 0.05) is 19.6 Å². The van der Waals surface area contributed by atoms with Gasteiger partial charge in [0.2, 0.25) is 0 Å². The minimum absolute atomic E-state index is 0.177. The van der Waals surface area contributed by atoms with E-state index in [-0.39, 0.29) is 6.03 Å². The molecule has 1 fully saturated rings. The van der Waals surface area contributed by atoms with Crippen LogP contribution in [-0.4, -0.2) is 41.6 Å². The summed E-state index contributed by atoms with van der Waals surface area (Å²) >= 11 is 0. The Kier molecular flexibility index (Phi) is 3.82. The number of rotatable bonds is 4. The van der Waals surface area contributed by atoms with E-state index in [1.165, 1.54) is 10.5 Å². The van der Waals surface area contributed by atoms with Gasteiger partial charge < -0.3 is 15.3 Å². The second-order valence-electron chi connectivity index (χ2n) is 4.41. The van der Waals surface area contributed by atoms with E-state index in [1.807, 2.05) is 30.3 Å². The van der Waals surface area contributed by atoms with Gasteiger partial charge in [0.25, 0.3) is 0 Å². The normalized spacial score (nSPS) is 15.0. The number of amides is 2. The lowest BCUT2D eigenvalue weighted by Gasteiger charge is -2.36. The van der Waals surface area contributed by atoms with E-state index in [0.29, 0.717) is 19.6 Å². The van der Waals surface area contributed by atoms with E-state index in [1.54, 1.807) is 0 Å². The Bertz CT molecular complexity index is 427. The zero-order chi connectivity index (χ0) is 13.0. The smallest absolute Gasteiger partial charge is 0.317 e. The van der Waals surface area contributed by atoms with Crippen LogP contribution in [0, 0.1) is 5.92 Å². The number of likely N-dealkylation sites (tertiary alicyclic amines) is 1. The Labute approximate surface area is 105 Å². The summed E-state index contributed by atoms with van der Waals surface area (Å²) in [4.78, 5) is 23.7. The predicted molar refractivity (Wildman–Crippen MR) is 66.2 cm³/mol. The van der Waals surface area contributed by atoms with Crippen LogP contribution >= 0.6 is 0 Å². The Balaban J connectivity index is 1.66. The third-order valence-electron chi connectivity index (χ3n) is 3.05. The first-order valence-corrected chi connectivity index (χ1v) is 5.96. The standard InChI is InChI=1S/C13H16N2O3/c16-12(17)11-8-15(9-11)13(18)14-7-6-10-4-2-1-3-5-10/h1-5,11H,6-9H2,(H,14,18)(H,16,17). The summed E-state index contributed by atoms with van der Waals surface area (Å²) in [6, 6.07) is 9.72. The van der Waals surface area contributed by atoms with Crippen molar-refractivity contribution in [1.82, 2.24) is 10.2 Å². The van der Waals surface area contributed by atoms with Gasteiger partial charge in [-0.3, -0.25) is 4.79 Å². The van der Waals surface area contributed by atoms with Crippen molar-refractivity contribution < 1.29 is 14.7 Å². The molecule has 1 aromatic rings. The largest absolute Gasteiger partial charge is 0.481 e. The third kappa shape index (κ3) is 3.00. The van der Waals surface area contributed by atoms with Gasteiger partial charge in [-0.05, 0) is 12.0 Å². The highest BCUT2D eigenvalue weighted by atomic mass is 16.4. The van der Waals surface area contributed by atoms with Crippen molar-refractivity contribution in [2.75, 3.05) is 19.6 Å². The molecule has 1 aromatic carbocycles. The second kappa shape index (κ2) is 5.53. The van der Waals surface area contributed by atoms with Gasteiger partial charge in [0.1, 0.15) is 0 Å². The van der Waals surface area contributed by atoms with Crippen molar-refractivity contribution in [3.8, 4) is 0 Å². The van der Waals surface area contributed by atoms with Crippen molar-refractivity contribution >= 4 is 12.0 Å². The van der Waals surface area contributed by atoms with Crippen LogP contribution in [0.2, 0.25) is 0 Å². The van der Waals surface area contributed by atoms with E-state index >= 15 is 0 Å². The van der Waals surface area contributed by atoms with Crippen molar-refractivity contribution in [3.05, 3.63) is 35.9 Å². The molecule has 2 rings (SSSR count). The number of hydrogen-bond donors (Lipinski definition) is 2. The fourth-order valence-electron chi connectivity index (χ4n) is 1.87. The Hall–Kier alpha value is -2.04. The molecule has 0 saturated carbocycles. The quantitative estimate of drug-likeness (QED) is 0.833. The predicted octanol–water partition coefficient (Wildman–Crippen LogP) is 0.955. The van der Waals surface area contributed by atoms with Crippen molar-refractivity contribution in [1.29, 1.82) is 0 Å². The van der Waals surface area contributed by atoms with Gasteiger partial charge in [-0.15, -0.1) is 0 Å². The number of carbonyl (C=O) groups excluding carboxylic acids is 1. The Morgan fingerprint density at radius 2 is 1.94 bits per heavy atom. The van der Waals surface area contributed by atoms with Crippen LogP contribution in [-0.2, 0) is 11.2 Å². The maximum Gasteiger partial charge on any atom is 0.317 e. The average Bonchev–Trinajstić information content (AvgIpc) is 2.28. The molecule has 96 valence electrons. The highest BCUT2D eigenvalue weighted by Gasteiger charge is 2.35. The molecule has 0 atom stereocenters. The monoisotopic (exact) mass is 248 g/mol. The van der Waals surface area contributed by atoms with Crippen LogP contribution in [0.15, 0.2) is 30.3 Å². The fraction of sp³-hybridized carbons (Fsp3) is 0.385. The van der Waals surface area contributed by atoms with Gasteiger partial charge in [0.15, 0.2) is 0 Å². The molecule has 0 unspecified atom stereocenters. The second-order valence-corrected chi connectivity index (χ2v) is 4.41. The molecule has 2 N–H and O–H groups in total. The summed E-state index contributed by atoms with van der Waals surface area (Å²) in [6.07, 6.45) is 0.781. The summed E-state index contributed by atoms with van der Waals surface area (Å²) in [5, 5.41) is 11.5. The molecule has 0 bridgehead atoms. The number of urea groups is 1. The Morgan fingerprint density at radius 1 is 1.28 bits per heavy atom. The molecular weight excluding hydrogens is 232 g/mol. The molecule has 1 heterocycles. The number of carboxylic acid groups (broad SMARTS) is 1. The van der Waals surface area contributed by atoms with E-state index in [0.717, 1.165) is 6.42 Å². The summed E-state index contributed by atoms with van der Waals surface area (Å²) in [6.45, 7) is 1.19. The number of nitrogens with one attached hydrogen (secondary N) is 1. The van der Waals surface area contributed by atoms with Crippen LogP contribution in [0.3, 0.4) is 0 Å². The molecule has 1 aliphatic heterocycles. The topological polar surface area (TPSA) is 69.6 Å². The van der Waals surface area contributed by atoms with Crippen molar-refractivity contribution in [2.24, 2.45) is 5.92 Å². The van der Waals surface area contributed by atoms with Gasteiger partial charge in [-0.2, -0.15) is 0 Å². The minimum Gasteiger partial charge on any atom is -0.481 e. The van der Waals surface area contributed by atoms with Crippen LogP contribution in [0.1, 0.15) is 5.56 Å². The molecule has 18 heavy (non-hydrogen) atoms. The van der Waals surface area contributed by atoms with Gasteiger partial charge >= 0.3 is 12.0 Å². The number of aliphatic carboxylic acids is 1. The SMILES string of the molecule is O=C(O)C1CN(C(=O)NCCc2ccccc2)C1. The summed E-state index contributed by atoms with van der Waals surface area (Å²) < 4.78 is 0. The molecule has 0 aromatic heterocycles. The summed E-state index contributed by atoms with van der Waals surface area (Å²) in [7, 11) is 0. The molecule has 2 amide bonds. The lowest BCUT2D eigenvalue weighted by Crippen LogP contribution is -2.56.